The number of nitrogens with one attached hydrogen (secondary N) is 2. The number of hydrazine groups is 1. The lowest BCUT2D eigenvalue weighted by atomic mass is 10.2. The molecule has 0 bridgehead atoms. The van der Waals surface area contributed by atoms with E-state index >= 15 is 0 Å². The van der Waals surface area contributed by atoms with E-state index in [4.69, 9.17) is 23.2 Å². The molecule has 112 valence electrons. The zero-order valence-corrected chi connectivity index (χ0v) is 12.7. The third-order valence-corrected chi connectivity index (χ3v) is 3.33. The van der Waals surface area contributed by atoms with E-state index in [2.05, 4.69) is 15.8 Å². The second-order valence-corrected chi connectivity index (χ2v) is 5.01. The first kappa shape index (κ1) is 16.0. The molecule has 0 spiro atoms. The second-order valence-electron chi connectivity index (χ2n) is 4.19. The van der Waals surface area contributed by atoms with Gasteiger partial charge in [-0.25, -0.2) is 0 Å². The number of amides is 2. The fourth-order valence-corrected chi connectivity index (χ4v) is 1.82. The number of aromatic nitrogens is 1. The van der Waals surface area contributed by atoms with Gasteiger partial charge in [-0.1, -0.05) is 29.3 Å². The summed E-state index contributed by atoms with van der Waals surface area (Å²) in [6.45, 7) is 0. The van der Waals surface area contributed by atoms with Crippen LogP contribution in [-0.2, 0) is 4.79 Å². The Labute approximate surface area is 136 Å². The minimum atomic E-state index is -0.483. The normalized spacial score (nSPS) is 10.5. The Balaban J connectivity index is 1.89. The lowest BCUT2D eigenvalue weighted by molar-refractivity contribution is -0.117. The first-order valence-electron chi connectivity index (χ1n) is 6.20. The van der Waals surface area contributed by atoms with Gasteiger partial charge in [-0.05, 0) is 35.9 Å². The van der Waals surface area contributed by atoms with Crippen LogP contribution >= 0.6 is 23.2 Å². The van der Waals surface area contributed by atoms with Crippen LogP contribution in [0.3, 0.4) is 0 Å². The molecule has 1 aromatic heterocycles. The number of halogens is 2. The van der Waals surface area contributed by atoms with Gasteiger partial charge in [-0.3, -0.25) is 25.4 Å². The molecular formula is C15H11Cl2N3O2. The average Bonchev–Trinajstić information content (AvgIpc) is 2.54. The van der Waals surface area contributed by atoms with E-state index in [9.17, 15) is 9.59 Å². The highest BCUT2D eigenvalue weighted by molar-refractivity contribution is 6.42. The maximum Gasteiger partial charge on any atom is 0.271 e. The van der Waals surface area contributed by atoms with E-state index in [1.807, 2.05) is 0 Å². The number of carbonyl (C=O) groups excluding carboxylic acids is 2. The van der Waals surface area contributed by atoms with Crippen LogP contribution in [0.15, 0.2) is 48.8 Å². The number of hydrogen-bond acceptors (Lipinski definition) is 3. The first-order valence-corrected chi connectivity index (χ1v) is 6.95. The van der Waals surface area contributed by atoms with Crippen molar-refractivity contribution in [2.45, 2.75) is 0 Å². The molecule has 0 fully saturated rings. The van der Waals surface area contributed by atoms with Gasteiger partial charge in [-0.15, -0.1) is 0 Å². The lowest BCUT2D eigenvalue weighted by Gasteiger charge is -2.04. The van der Waals surface area contributed by atoms with Crippen LogP contribution in [0, 0.1) is 0 Å². The molecule has 0 radical (unpaired) electrons. The Morgan fingerprint density at radius 3 is 2.59 bits per heavy atom. The smallest absolute Gasteiger partial charge is 0.268 e. The van der Waals surface area contributed by atoms with E-state index in [1.165, 1.54) is 12.3 Å². The maximum absolute atomic E-state index is 11.7. The summed E-state index contributed by atoms with van der Waals surface area (Å²) in [6.07, 6.45) is 5.76. The molecule has 0 aliphatic heterocycles. The third kappa shape index (κ3) is 4.58. The standard InChI is InChI=1S/C15H11Cl2N3O2/c16-12-5-3-10(8-13(12)17)4-6-14(21)19-20-15(22)11-2-1-7-18-9-11/h1-9H,(H,19,21)(H,20,22)/b6-4+. The highest BCUT2D eigenvalue weighted by atomic mass is 35.5. The van der Waals surface area contributed by atoms with Gasteiger partial charge in [-0.2, -0.15) is 0 Å². The highest BCUT2D eigenvalue weighted by Gasteiger charge is 2.05. The van der Waals surface area contributed by atoms with Gasteiger partial charge in [0.15, 0.2) is 0 Å². The fraction of sp³-hybridized carbons (Fsp3) is 0. The van der Waals surface area contributed by atoms with Crippen molar-refractivity contribution < 1.29 is 9.59 Å². The SMILES string of the molecule is O=C(/C=C/c1ccc(Cl)c(Cl)c1)NNC(=O)c1cccnc1. The van der Waals surface area contributed by atoms with E-state index in [0.717, 1.165) is 0 Å². The fourth-order valence-electron chi connectivity index (χ4n) is 1.52. The molecule has 1 heterocycles. The second kappa shape index (κ2) is 7.59. The number of carbonyl (C=O) groups is 2. The number of pyridine rings is 1. The van der Waals surface area contributed by atoms with Crippen molar-refractivity contribution in [3.8, 4) is 0 Å². The van der Waals surface area contributed by atoms with Gasteiger partial charge in [0.1, 0.15) is 0 Å². The molecule has 0 unspecified atom stereocenters. The molecule has 5 nitrogen and oxygen atoms in total. The average molecular weight is 336 g/mol. The summed E-state index contributed by atoms with van der Waals surface area (Å²) < 4.78 is 0. The summed E-state index contributed by atoms with van der Waals surface area (Å²) in [5, 5.41) is 0.834. The number of rotatable bonds is 3. The molecule has 0 aliphatic carbocycles. The molecule has 7 heteroatoms. The highest BCUT2D eigenvalue weighted by Crippen LogP contribution is 2.22. The summed E-state index contributed by atoms with van der Waals surface area (Å²) in [5.41, 5.74) is 5.60. The van der Waals surface area contributed by atoms with Gasteiger partial charge >= 0.3 is 0 Å². The molecule has 2 aromatic rings. The van der Waals surface area contributed by atoms with Gasteiger partial charge in [0.2, 0.25) is 0 Å². The van der Waals surface area contributed by atoms with E-state index in [1.54, 1.807) is 42.6 Å². The largest absolute Gasteiger partial charge is 0.271 e. The summed E-state index contributed by atoms with van der Waals surface area (Å²) in [5.74, 6) is -0.937. The van der Waals surface area contributed by atoms with Crippen LogP contribution in [0.2, 0.25) is 10.0 Å². The Morgan fingerprint density at radius 2 is 1.91 bits per heavy atom. The van der Waals surface area contributed by atoms with Gasteiger partial charge in [0.05, 0.1) is 15.6 Å². The van der Waals surface area contributed by atoms with E-state index in [0.29, 0.717) is 21.2 Å². The Kier molecular flexibility index (Phi) is 5.52. The van der Waals surface area contributed by atoms with Gasteiger partial charge in [0, 0.05) is 18.5 Å². The minimum Gasteiger partial charge on any atom is -0.268 e. The van der Waals surface area contributed by atoms with Crippen molar-refractivity contribution in [3.63, 3.8) is 0 Å². The van der Waals surface area contributed by atoms with Crippen molar-refractivity contribution >= 4 is 41.1 Å². The maximum atomic E-state index is 11.7. The molecule has 2 amide bonds. The number of hydrogen-bond donors (Lipinski definition) is 2. The van der Waals surface area contributed by atoms with Crippen molar-refractivity contribution in [1.82, 2.24) is 15.8 Å². The van der Waals surface area contributed by atoms with Crippen molar-refractivity contribution in [1.29, 1.82) is 0 Å². The van der Waals surface area contributed by atoms with Crippen LogP contribution < -0.4 is 10.9 Å². The summed E-state index contributed by atoms with van der Waals surface area (Å²) in [6, 6.07) is 8.18. The van der Waals surface area contributed by atoms with Crippen molar-refractivity contribution in [2.75, 3.05) is 0 Å². The summed E-state index contributed by atoms with van der Waals surface area (Å²) in [7, 11) is 0. The first-order chi connectivity index (χ1) is 10.6. The number of nitrogens with zero attached hydrogens (tertiary/aromatic N) is 1. The van der Waals surface area contributed by atoms with Gasteiger partial charge in [0.25, 0.3) is 11.8 Å². The van der Waals surface area contributed by atoms with Crippen LogP contribution in [0.4, 0.5) is 0 Å². The van der Waals surface area contributed by atoms with Crippen molar-refractivity contribution in [3.05, 3.63) is 70.0 Å². The van der Waals surface area contributed by atoms with Crippen LogP contribution in [0.1, 0.15) is 15.9 Å². The van der Waals surface area contributed by atoms with E-state index < -0.39 is 11.8 Å². The molecular weight excluding hydrogens is 325 g/mol. The molecule has 2 N–H and O–H groups in total. The Hall–Kier alpha value is -2.37. The van der Waals surface area contributed by atoms with Crippen LogP contribution in [0.5, 0.6) is 0 Å². The van der Waals surface area contributed by atoms with Crippen molar-refractivity contribution in [2.24, 2.45) is 0 Å². The quantitative estimate of drug-likeness (QED) is 0.669. The van der Waals surface area contributed by atoms with E-state index in [-0.39, 0.29) is 0 Å². The molecule has 0 atom stereocenters. The minimum absolute atomic E-state index is 0.344. The summed E-state index contributed by atoms with van der Waals surface area (Å²) >= 11 is 11.7. The molecule has 1 aromatic carbocycles. The zero-order chi connectivity index (χ0) is 15.9. The Morgan fingerprint density at radius 1 is 1.09 bits per heavy atom. The van der Waals surface area contributed by atoms with Gasteiger partial charge < -0.3 is 0 Å². The predicted molar refractivity (Wildman–Crippen MR) is 85.3 cm³/mol. The molecule has 2 rings (SSSR count). The lowest BCUT2D eigenvalue weighted by Crippen LogP contribution is -2.40. The molecule has 0 aliphatic rings. The predicted octanol–water partition coefficient (Wildman–Crippen LogP) is 2.86. The van der Waals surface area contributed by atoms with Crippen LogP contribution in [-0.4, -0.2) is 16.8 Å². The topological polar surface area (TPSA) is 71.1 Å². The zero-order valence-electron chi connectivity index (χ0n) is 11.2. The van der Waals surface area contributed by atoms with Crippen LogP contribution in [0.25, 0.3) is 6.08 Å². The molecule has 0 saturated carbocycles. The molecule has 0 saturated heterocycles. The summed E-state index contributed by atoms with van der Waals surface area (Å²) in [4.78, 5) is 27.1. The number of benzene rings is 1. The third-order valence-electron chi connectivity index (χ3n) is 2.59. The monoisotopic (exact) mass is 335 g/mol. The Bertz CT molecular complexity index is 718. The molecule has 22 heavy (non-hydrogen) atoms.